The highest BCUT2D eigenvalue weighted by Gasteiger charge is 2.27. The molecule has 0 aliphatic carbocycles. The second-order valence-electron chi connectivity index (χ2n) is 5.86. The van der Waals surface area contributed by atoms with Gasteiger partial charge in [-0.05, 0) is 35.5 Å². The van der Waals surface area contributed by atoms with Crippen molar-refractivity contribution in [1.29, 1.82) is 0 Å². The lowest BCUT2D eigenvalue weighted by atomic mass is 10.1. The van der Waals surface area contributed by atoms with Crippen molar-refractivity contribution in [3.05, 3.63) is 53.5 Å². The van der Waals surface area contributed by atoms with E-state index >= 15 is 0 Å². The van der Waals surface area contributed by atoms with Gasteiger partial charge in [-0.2, -0.15) is 9.78 Å². The largest absolute Gasteiger partial charge is 0.383 e. The molecule has 2 heterocycles. The lowest BCUT2D eigenvalue weighted by Crippen LogP contribution is -2.41. The molecule has 0 saturated carbocycles. The van der Waals surface area contributed by atoms with E-state index in [1.54, 1.807) is 6.92 Å². The van der Waals surface area contributed by atoms with Crippen LogP contribution in [0.4, 0.5) is 8.78 Å². The van der Waals surface area contributed by atoms with Gasteiger partial charge in [0.2, 0.25) is 0 Å². The quantitative estimate of drug-likeness (QED) is 0.667. The zero-order valence-corrected chi connectivity index (χ0v) is 14.6. The number of hydrogen-bond donors (Lipinski definition) is 1. The van der Waals surface area contributed by atoms with Gasteiger partial charge in [0.05, 0.1) is 18.8 Å². The first-order valence-electron chi connectivity index (χ1n) is 8.01. The molecule has 1 amide bonds. The topological polar surface area (TPSA) is 102 Å². The summed E-state index contributed by atoms with van der Waals surface area (Å²) in [5.41, 5.74) is 0.237. The second-order valence-corrected chi connectivity index (χ2v) is 5.86. The zero-order chi connectivity index (χ0) is 19.4. The summed E-state index contributed by atoms with van der Waals surface area (Å²) in [4.78, 5) is 14.5. The molecule has 1 aromatic carbocycles. The molecular weight excluding hydrogens is 360 g/mol. The Morgan fingerprint density at radius 3 is 2.93 bits per heavy atom. The Morgan fingerprint density at radius 2 is 2.22 bits per heavy atom. The van der Waals surface area contributed by atoms with Crippen LogP contribution in [0.3, 0.4) is 0 Å². The van der Waals surface area contributed by atoms with Crippen molar-refractivity contribution in [2.45, 2.75) is 19.5 Å². The van der Waals surface area contributed by atoms with Gasteiger partial charge in [0.1, 0.15) is 23.5 Å². The summed E-state index contributed by atoms with van der Waals surface area (Å²) in [6.45, 7) is 1.81. The number of rotatable bonds is 7. The molecule has 1 unspecified atom stereocenters. The minimum absolute atomic E-state index is 0.0544. The first kappa shape index (κ1) is 18.6. The number of hydrogen-bond acceptors (Lipinski definition) is 6. The molecule has 1 N–H and O–H groups in total. The number of halogens is 2. The van der Waals surface area contributed by atoms with Gasteiger partial charge in [-0.1, -0.05) is 0 Å². The van der Waals surface area contributed by atoms with Gasteiger partial charge in [-0.15, -0.1) is 5.10 Å². The number of amides is 1. The average Bonchev–Trinajstić information content (AvgIpc) is 3.33. The summed E-state index contributed by atoms with van der Waals surface area (Å²) in [7, 11) is 1.49. The van der Waals surface area contributed by atoms with Crippen LogP contribution >= 0.6 is 0 Å². The van der Waals surface area contributed by atoms with E-state index in [-0.39, 0.29) is 30.1 Å². The number of nitrogens with zero attached hydrogens (tertiary/aromatic N) is 6. The van der Waals surface area contributed by atoms with Crippen LogP contribution in [-0.4, -0.2) is 61.0 Å². The first-order chi connectivity index (χ1) is 13.0. The summed E-state index contributed by atoms with van der Waals surface area (Å²) in [5.74, 6) is -1.38. The fourth-order valence-corrected chi connectivity index (χ4v) is 2.64. The predicted octanol–water partition coefficient (Wildman–Crippen LogP) is 1.34. The number of methoxy groups -OCH3 is 1. The number of carbonyl (C=O) groups is 1. The molecule has 3 rings (SSSR count). The van der Waals surface area contributed by atoms with E-state index in [1.807, 2.05) is 0 Å². The van der Waals surface area contributed by atoms with Gasteiger partial charge in [0.25, 0.3) is 5.91 Å². The molecule has 9 nitrogen and oxygen atoms in total. The maximum absolute atomic E-state index is 14.1. The van der Waals surface area contributed by atoms with E-state index in [2.05, 4.69) is 25.7 Å². The molecule has 0 radical (unpaired) electrons. The highest BCUT2D eigenvalue weighted by molar-refractivity contribution is 5.97. The van der Waals surface area contributed by atoms with Crippen LogP contribution in [-0.2, 0) is 11.3 Å². The Kier molecular flexibility index (Phi) is 5.50. The highest BCUT2D eigenvalue weighted by atomic mass is 19.1. The van der Waals surface area contributed by atoms with E-state index in [4.69, 9.17) is 4.74 Å². The number of benzene rings is 1. The predicted molar refractivity (Wildman–Crippen MR) is 88.9 cm³/mol. The average molecular weight is 377 g/mol. The van der Waals surface area contributed by atoms with Crippen LogP contribution in [0.2, 0.25) is 0 Å². The number of nitrogens with one attached hydrogen (secondary N) is 1. The van der Waals surface area contributed by atoms with Crippen molar-refractivity contribution < 1.29 is 18.3 Å². The van der Waals surface area contributed by atoms with E-state index in [1.165, 1.54) is 29.2 Å². The summed E-state index contributed by atoms with van der Waals surface area (Å²) >= 11 is 0. The van der Waals surface area contributed by atoms with Gasteiger partial charge in [0.15, 0.2) is 5.82 Å². The number of aromatic nitrogens is 6. The summed E-state index contributed by atoms with van der Waals surface area (Å²) < 4.78 is 34.0. The standard InChI is InChI=1S/C16H17F2N7O2/c1-10(8-27-2)24(7-11-5-12(17)3-4-14(11)18)16(26)13-6-19-21-15(13)25-9-20-22-23-25/h3-6,9-10H,7-8H2,1-2H3,(H,19,21). The highest BCUT2D eigenvalue weighted by Crippen LogP contribution is 2.19. The zero-order valence-electron chi connectivity index (χ0n) is 14.6. The summed E-state index contributed by atoms with van der Waals surface area (Å²) in [5, 5.41) is 17.3. The molecule has 0 spiro atoms. The van der Waals surface area contributed by atoms with Crippen molar-refractivity contribution in [2.24, 2.45) is 0 Å². The van der Waals surface area contributed by atoms with Gasteiger partial charge < -0.3 is 9.64 Å². The van der Waals surface area contributed by atoms with Crippen molar-refractivity contribution >= 4 is 5.91 Å². The lowest BCUT2D eigenvalue weighted by Gasteiger charge is -2.29. The molecule has 2 aromatic heterocycles. The van der Waals surface area contributed by atoms with Crippen LogP contribution in [0.25, 0.3) is 5.82 Å². The van der Waals surface area contributed by atoms with E-state index in [9.17, 15) is 13.6 Å². The Hall–Kier alpha value is -3.21. The van der Waals surface area contributed by atoms with Crippen LogP contribution in [0.5, 0.6) is 0 Å². The second kappa shape index (κ2) is 7.99. The monoisotopic (exact) mass is 377 g/mol. The first-order valence-corrected chi connectivity index (χ1v) is 8.01. The van der Waals surface area contributed by atoms with Gasteiger partial charge in [-0.25, -0.2) is 8.78 Å². The number of ether oxygens (including phenoxy) is 1. The maximum Gasteiger partial charge on any atom is 0.259 e. The Morgan fingerprint density at radius 1 is 1.41 bits per heavy atom. The Bertz CT molecular complexity index is 913. The van der Waals surface area contributed by atoms with E-state index in [0.29, 0.717) is 0 Å². The molecule has 1 atom stereocenters. The maximum atomic E-state index is 14.1. The fourth-order valence-electron chi connectivity index (χ4n) is 2.64. The number of H-pyrrole nitrogens is 1. The number of carbonyl (C=O) groups excluding carboxylic acids is 1. The molecule has 0 fully saturated rings. The third-order valence-electron chi connectivity index (χ3n) is 3.98. The van der Waals surface area contributed by atoms with Crippen molar-refractivity contribution in [3.63, 3.8) is 0 Å². The minimum Gasteiger partial charge on any atom is -0.383 e. The lowest BCUT2D eigenvalue weighted by molar-refractivity contribution is 0.0539. The van der Waals surface area contributed by atoms with Gasteiger partial charge in [0, 0.05) is 19.2 Å². The smallest absolute Gasteiger partial charge is 0.259 e. The number of aromatic amines is 1. The Balaban J connectivity index is 1.95. The molecule has 0 aliphatic rings. The molecular formula is C16H17F2N7O2. The van der Waals surface area contributed by atoms with E-state index in [0.717, 1.165) is 18.2 Å². The van der Waals surface area contributed by atoms with Crippen LogP contribution in [0, 0.1) is 11.6 Å². The third-order valence-corrected chi connectivity index (χ3v) is 3.98. The van der Waals surface area contributed by atoms with Crippen LogP contribution in [0.1, 0.15) is 22.8 Å². The summed E-state index contributed by atoms with van der Waals surface area (Å²) in [6, 6.07) is 2.70. The molecule has 0 bridgehead atoms. The SMILES string of the molecule is COCC(C)N(Cc1cc(F)ccc1F)C(=O)c1cn[nH]c1-n1cnnn1. The molecule has 0 saturated heterocycles. The van der Waals surface area contributed by atoms with Crippen molar-refractivity contribution in [1.82, 2.24) is 35.3 Å². The van der Waals surface area contributed by atoms with Gasteiger partial charge >= 0.3 is 0 Å². The molecule has 0 aliphatic heterocycles. The van der Waals surface area contributed by atoms with Crippen LogP contribution in [0.15, 0.2) is 30.7 Å². The molecule has 142 valence electrons. The molecule has 27 heavy (non-hydrogen) atoms. The van der Waals surface area contributed by atoms with Crippen LogP contribution < -0.4 is 0 Å². The number of tetrazole rings is 1. The van der Waals surface area contributed by atoms with Crippen molar-refractivity contribution in [3.8, 4) is 5.82 Å². The normalized spacial score (nSPS) is 12.1. The minimum atomic E-state index is -0.605. The van der Waals surface area contributed by atoms with Crippen molar-refractivity contribution in [2.75, 3.05) is 13.7 Å². The van der Waals surface area contributed by atoms with Gasteiger partial charge in [-0.3, -0.25) is 9.89 Å². The third kappa shape index (κ3) is 3.97. The molecule has 3 aromatic rings. The Labute approximate surface area is 152 Å². The molecule has 11 heteroatoms. The fraction of sp³-hybridized carbons (Fsp3) is 0.312. The van der Waals surface area contributed by atoms with E-state index < -0.39 is 23.6 Å². The summed E-state index contributed by atoms with van der Waals surface area (Å²) in [6.07, 6.45) is 2.63.